The second-order valence-corrected chi connectivity index (χ2v) is 9.07. The zero-order valence-electron chi connectivity index (χ0n) is 25.7. The number of nitro benzene ring substituents is 2. The fraction of sp³-hybridized carbons (Fsp3) is 0.172. The molecule has 47 heavy (non-hydrogen) atoms. The molecule has 0 bridgehead atoms. The number of nitrogens with zero attached hydrogens (tertiary/aromatic N) is 6. The van der Waals surface area contributed by atoms with Crippen molar-refractivity contribution < 1.29 is 33.5 Å². The van der Waals surface area contributed by atoms with E-state index in [0.29, 0.717) is 11.4 Å². The van der Waals surface area contributed by atoms with Gasteiger partial charge < -0.3 is 29.0 Å². The normalized spacial score (nSPS) is 10.8. The minimum absolute atomic E-state index is 0.0425. The molecular formula is C29H29N9O9. The summed E-state index contributed by atoms with van der Waals surface area (Å²) in [5.41, 5.74) is 5.65. The second kappa shape index (κ2) is 15.3. The van der Waals surface area contributed by atoms with Crippen LogP contribution in [0.4, 0.5) is 34.6 Å². The fourth-order valence-corrected chi connectivity index (χ4v) is 4.12. The number of ether oxygens (including phenoxy) is 5. The van der Waals surface area contributed by atoms with E-state index in [1.807, 2.05) is 0 Å². The van der Waals surface area contributed by atoms with Crippen molar-refractivity contribution in [2.45, 2.75) is 0 Å². The van der Waals surface area contributed by atoms with Crippen LogP contribution >= 0.6 is 0 Å². The molecule has 0 atom stereocenters. The summed E-state index contributed by atoms with van der Waals surface area (Å²) in [7, 11) is 7.06. The van der Waals surface area contributed by atoms with E-state index in [4.69, 9.17) is 23.7 Å². The maximum atomic E-state index is 11.7. The van der Waals surface area contributed by atoms with E-state index in [1.165, 1.54) is 78.3 Å². The molecule has 0 saturated carbocycles. The van der Waals surface area contributed by atoms with Gasteiger partial charge in [-0.2, -0.15) is 20.2 Å². The monoisotopic (exact) mass is 647 g/mol. The minimum Gasteiger partial charge on any atom is -0.495 e. The number of nitrogens with one attached hydrogen (secondary N) is 3. The fourth-order valence-electron chi connectivity index (χ4n) is 4.12. The van der Waals surface area contributed by atoms with Crippen LogP contribution in [-0.4, -0.2) is 67.8 Å². The van der Waals surface area contributed by atoms with Gasteiger partial charge in [0, 0.05) is 6.07 Å². The van der Waals surface area contributed by atoms with Crippen LogP contribution in [0.1, 0.15) is 11.1 Å². The predicted octanol–water partition coefficient (Wildman–Crippen LogP) is 4.97. The molecule has 244 valence electrons. The van der Waals surface area contributed by atoms with Crippen molar-refractivity contribution in [3.05, 3.63) is 86.0 Å². The van der Waals surface area contributed by atoms with Gasteiger partial charge in [0.15, 0.2) is 28.8 Å². The maximum absolute atomic E-state index is 11.7. The Hall–Kier alpha value is -6.72. The van der Waals surface area contributed by atoms with Gasteiger partial charge >= 0.3 is 0 Å². The zero-order chi connectivity index (χ0) is 33.9. The Morgan fingerprint density at radius 3 is 1.62 bits per heavy atom. The predicted molar refractivity (Wildman–Crippen MR) is 173 cm³/mol. The molecule has 4 aromatic rings. The van der Waals surface area contributed by atoms with Crippen LogP contribution in [-0.2, 0) is 0 Å². The lowest BCUT2D eigenvalue weighted by Crippen LogP contribution is -2.05. The van der Waals surface area contributed by atoms with Crippen molar-refractivity contribution in [1.82, 2.24) is 9.97 Å². The van der Waals surface area contributed by atoms with Crippen molar-refractivity contribution in [1.29, 1.82) is 0 Å². The number of aromatic nitrogens is 2. The highest BCUT2D eigenvalue weighted by molar-refractivity contribution is 5.88. The molecule has 0 amide bonds. The third-order valence-electron chi connectivity index (χ3n) is 6.31. The van der Waals surface area contributed by atoms with Gasteiger partial charge in [0.25, 0.3) is 11.4 Å². The van der Waals surface area contributed by atoms with E-state index in [1.54, 1.807) is 24.3 Å². The van der Waals surface area contributed by atoms with Gasteiger partial charge in [-0.3, -0.25) is 25.7 Å². The summed E-state index contributed by atoms with van der Waals surface area (Å²) in [5.74, 6) is 1.80. The Morgan fingerprint density at radius 1 is 0.638 bits per heavy atom. The van der Waals surface area contributed by atoms with E-state index in [0.717, 1.165) is 0 Å². The van der Waals surface area contributed by atoms with E-state index in [9.17, 15) is 20.2 Å². The summed E-state index contributed by atoms with van der Waals surface area (Å²) < 4.78 is 26.2. The largest absolute Gasteiger partial charge is 0.495 e. The zero-order valence-corrected chi connectivity index (χ0v) is 25.7. The van der Waals surface area contributed by atoms with E-state index in [2.05, 4.69) is 36.3 Å². The highest BCUT2D eigenvalue weighted by atomic mass is 16.6. The van der Waals surface area contributed by atoms with Gasteiger partial charge in [0.05, 0.1) is 86.8 Å². The molecule has 3 N–H and O–H groups in total. The number of benzene rings is 3. The molecule has 0 saturated heterocycles. The van der Waals surface area contributed by atoms with Crippen LogP contribution < -0.4 is 39.9 Å². The van der Waals surface area contributed by atoms with Crippen LogP contribution in [0.5, 0.6) is 28.7 Å². The van der Waals surface area contributed by atoms with Crippen molar-refractivity contribution in [2.75, 3.05) is 51.7 Å². The van der Waals surface area contributed by atoms with E-state index >= 15 is 0 Å². The van der Waals surface area contributed by atoms with Gasteiger partial charge in [0.1, 0.15) is 11.6 Å². The number of anilines is 4. The number of hydrazone groups is 2. The Balaban J connectivity index is 1.68. The first-order valence-corrected chi connectivity index (χ1v) is 13.4. The molecule has 0 radical (unpaired) electrons. The van der Waals surface area contributed by atoms with Crippen molar-refractivity contribution in [3.63, 3.8) is 0 Å². The molecule has 3 aromatic carbocycles. The molecule has 0 aliphatic rings. The van der Waals surface area contributed by atoms with E-state index < -0.39 is 9.85 Å². The topological polar surface area (TPSA) is 219 Å². The summed E-state index contributed by atoms with van der Waals surface area (Å²) in [6.07, 6.45) is 2.42. The van der Waals surface area contributed by atoms with Crippen LogP contribution in [0.15, 0.2) is 64.8 Å². The lowest BCUT2D eigenvalue weighted by Gasteiger charge is -2.12. The standard InChI is InChI=1S/C29H29N9O9/c1-43-22-9-7-6-8-19(22)32-27-14-28(35-30-15-17-10-23(44-2)25(46-4)12-20(17)37(39)40)34-29(33-27)36-31-16-18-11-24(45-3)26(47-5)13-21(18)38(41)42/h6-16H,1-5H3,(H3,32,33,34,35,36). The molecule has 0 unspecified atom stereocenters. The average Bonchev–Trinajstić information content (AvgIpc) is 3.07. The second-order valence-electron chi connectivity index (χ2n) is 9.07. The third-order valence-corrected chi connectivity index (χ3v) is 6.31. The molecule has 0 aliphatic heterocycles. The summed E-state index contributed by atoms with van der Waals surface area (Å²) in [4.78, 5) is 30.9. The molecule has 1 heterocycles. The van der Waals surface area contributed by atoms with Crippen molar-refractivity contribution in [3.8, 4) is 28.7 Å². The van der Waals surface area contributed by atoms with Crippen molar-refractivity contribution in [2.24, 2.45) is 10.2 Å². The summed E-state index contributed by atoms with van der Waals surface area (Å²) in [6.45, 7) is 0. The number of hydrogen-bond donors (Lipinski definition) is 3. The molecule has 0 fully saturated rings. The first-order valence-electron chi connectivity index (χ1n) is 13.4. The van der Waals surface area contributed by atoms with Gasteiger partial charge in [0.2, 0.25) is 5.95 Å². The maximum Gasteiger partial charge on any atom is 0.282 e. The molecular weight excluding hydrogens is 618 g/mol. The number of methoxy groups -OCH3 is 5. The summed E-state index contributed by atoms with van der Waals surface area (Å²) in [6, 6.07) is 13.9. The molecule has 1 aromatic heterocycles. The lowest BCUT2D eigenvalue weighted by atomic mass is 10.1. The Morgan fingerprint density at radius 2 is 1.11 bits per heavy atom. The number of rotatable bonds is 15. The van der Waals surface area contributed by atoms with Crippen LogP contribution in [0.2, 0.25) is 0 Å². The molecule has 0 aliphatic carbocycles. The molecule has 0 spiro atoms. The smallest absolute Gasteiger partial charge is 0.282 e. The van der Waals surface area contributed by atoms with Crippen LogP contribution in [0.3, 0.4) is 0 Å². The summed E-state index contributed by atoms with van der Waals surface area (Å²) >= 11 is 0. The SMILES string of the molecule is COc1ccccc1Nc1cc(NN=Cc2cc(OC)c(OC)cc2[N+](=O)[O-])nc(NN=Cc2cc(OC)c(OC)cc2[N+](=O)[O-])n1. The first kappa shape index (κ1) is 33.2. The molecule has 18 nitrogen and oxygen atoms in total. The average molecular weight is 648 g/mol. The van der Waals surface area contributed by atoms with E-state index in [-0.39, 0.29) is 63.1 Å². The van der Waals surface area contributed by atoms with Gasteiger partial charge in [-0.05, 0) is 24.3 Å². The Bertz CT molecular complexity index is 1730. The van der Waals surface area contributed by atoms with Crippen molar-refractivity contribution >= 4 is 47.1 Å². The molecule has 18 heteroatoms. The Labute approximate surface area is 267 Å². The molecule has 4 rings (SSSR count). The van der Waals surface area contributed by atoms with Gasteiger partial charge in [-0.1, -0.05) is 12.1 Å². The summed E-state index contributed by atoms with van der Waals surface area (Å²) in [5, 5.41) is 34.7. The number of nitro groups is 2. The quantitative estimate of drug-likeness (QED) is 0.0881. The van der Waals surface area contributed by atoms with Gasteiger partial charge in [-0.25, -0.2) is 5.43 Å². The highest BCUT2D eigenvalue weighted by Gasteiger charge is 2.20. The van der Waals surface area contributed by atoms with Gasteiger partial charge in [-0.15, -0.1) is 0 Å². The number of para-hydroxylation sites is 2. The minimum atomic E-state index is -0.583. The van der Waals surface area contributed by atoms with Crippen LogP contribution in [0, 0.1) is 20.2 Å². The van der Waals surface area contributed by atoms with Crippen LogP contribution in [0.25, 0.3) is 0 Å². The first-order chi connectivity index (χ1) is 22.7. The Kier molecular flexibility index (Phi) is 10.8. The lowest BCUT2D eigenvalue weighted by molar-refractivity contribution is -0.385. The highest BCUT2D eigenvalue weighted by Crippen LogP contribution is 2.35. The number of hydrogen-bond acceptors (Lipinski definition) is 16. The third kappa shape index (κ3) is 8.06.